The zero-order valence-electron chi connectivity index (χ0n) is 34.2. The van der Waals surface area contributed by atoms with Gasteiger partial charge in [0.15, 0.2) is 0 Å². The number of hydrogen-bond donors (Lipinski definition) is 6. The van der Waals surface area contributed by atoms with Crippen LogP contribution in [-0.4, -0.2) is 78.3 Å². The smallest absolute Gasteiger partial charge is 0.133 e. The molecule has 60 heavy (non-hydrogen) atoms. The Morgan fingerprint density at radius 2 is 1.57 bits per heavy atom. The molecule has 1 fully saturated rings. The van der Waals surface area contributed by atoms with E-state index in [0.29, 0.717) is 73.1 Å². The molecule has 6 unspecified atom stereocenters. The van der Waals surface area contributed by atoms with E-state index in [-0.39, 0.29) is 35.9 Å². The Labute approximate surface area is 350 Å². The van der Waals surface area contributed by atoms with Crippen molar-refractivity contribution in [3.8, 4) is 51.4 Å². The maximum Gasteiger partial charge on any atom is 0.133 e. The fourth-order valence-electron chi connectivity index (χ4n) is 10.3. The van der Waals surface area contributed by atoms with Crippen molar-refractivity contribution in [2.24, 2.45) is 11.8 Å². The summed E-state index contributed by atoms with van der Waals surface area (Å²) in [6.45, 7) is 1.78. The number of phenolic OH excluding ortho intramolecular Hbond substituents is 3. The van der Waals surface area contributed by atoms with Crippen LogP contribution < -0.4 is 24.3 Å². The summed E-state index contributed by atoms with van der Waals surface area (Å²) >= 11 is 0. The molecule has 0 bridgehead atoms. The summed E-state index contributed by atoms with van der Waals surface area (Å²) in [6, 6.07) is 21.3. The normalized spacial score (nSPS) is 23.5. The lowest BCUT2D eigenvalue weighted by atomic mass is 9.70. The Balaban J connectivity index is 1.15. The van der Waals surface area contributed by atoms with Crippen molar-refractivity contribution in [3.63, 3.8) is 0 Å². The number of hydrogen-bond acceptors (Lipinski definition) is 11. The third-order valence-corrected chi connectivity index (χ3v) is 13.1. The van der Waals surface area contributed by atoms with E-state index in [4.69, 9.17) is 23.7 Å². The summed E-state index contributed by atoms with van der Waals surface area (Å²) in [5.41, 5.74) is 5.37. The standard InChI is InChI=1S/C49H55NO10/c1-50-25-28-16-18-57-48-38-23-33(53)13-15-37(38)49-44(42(28)48)46(55)43(41(60-49)11-6-17-56-2)40-26-58-47-30(22-35(24-39(47)45(40)54)59-34-9-3-4-10-34)19-29-21-32(52)12-14-36(29)27-7-5-8-31(51)20-27/h5,7-8,12-15,20-24,28,34,40-41,43,45-46,50-55H,3-4,6,9-11,16-19,25-26H2,1-2H3. The highest BCUT2D eigenvalue weighted by Crippen LogP contribution is 2.57. The fraction of sp³-hybridized carbons (Fsp3) is 0.429. The second-order valence-corrected chi connectivity index (χ2v) is 16.9. The molecule has 0 radical (unpaired) electrons. The number of phenols is 3. The first-order chi connectivity index (χ1) is 29.2. The quantitative estimate of drug-likeness (QED) is 0.0674. The molecule has 5 aromatic rings. The van der Waals surface area contributed by atoms with E-state index >= 15 is 0 Å². The predicted molar refractivity (Wildman–Crippen MR) is 228 cm³/mol. The Morgan fingerprint density at radius 3 is 2.37 bits per heavy atom. The van der Waals surface area contributed by atoms with Gasteiger partial charge in [-0.25, -0.2) is 0 Å². The lowest BCUT2D eigenvalue weighted by Crippen LogP contribution is -2.46. The molecule has 3 heterocycles. The molecule has 316 valence electrons. The first-order valence-electron chi connectivity index (χ1n) is 21.4. The average Bonchev–Trinajstić information content (AvgIpc) is 3.75. The van der Waals surface area contributed by atoms with Crippen molar-refractivity contribution >= 4 is 10.8 Å². The minimum absolute atomic E-state index is 0.0106. The van der Waals surface area contributed by atoms with Crippen molar-refractivity contribution in [3.05, 3.63) is 101 Å². The van der Waals surface area contributed by atoms with Gasteiger partial charge in [-0.05, 0) is 123 Å². The van der Waals surface area contributed by atoms with Crippen molar-refractivity contribution in [2.45, 2.75) is 81.7 Å². The third kappa shape index (κ3) is 7.57. The molecule has 4 aliphatic rings. The maximum atomic E-state index is 12.9. The van der Waals surface area contributed by atoms with Crippen LogP contribution in [0.2, 0.25) is 0 Å². The maximum absolute atomic E-state index is 12.9. The molecule has 0 aromatic heterocycles. The number of fused-ring (bicyclic) bond motifs is 7. The fourth-order valence-corrected chi connectivity index (χ4v) is 10.3. The van der Waals surface area contributed by atoms with Crippen LogP contribution in [0, 0.1) is 11.8 Å². The molecule has 11 nitrogen and oxygen atoms in total. The molecule has 5 aromatic carbocycles. The van der Waals surface area contributed by atoms with E-state index < -0.39 is 30.1 Å². The molecule has 1 aliphatic carbocycles. The largest absolute Gasteiger partial charge is 0.508 e. The predicted octanol–water partition coefficient (Wildman–Crippen LogP) is 8.20. The number of aromatic hydroxyl groups is 3. The number of benzene rings is 5. The van der Waals surface area contributed by atoms with Gasteiger partial charge in [0.2, 0.25) is 0 Å². The number of aliphatic hydroxyl groups excluding tert-OH is 2. The van der Waals surface area contributed by atoms with Crippen LogP contribution in [0.25, 0.3) is 21.9 Å². The third-order valence-electron chi connectivity index (χ3n) is 13.1. The molecule has 6 N–H and O–H groups in total. The zero-order valence-corrected chi connectivity index (χ0v) is 34.2. The second-order valence-electron chi connectivity index (χ2n) is 16.9. The second kappa shape index (κ2) is 17.0. The Kier molecular flexibility index (Phi) is 11.4. The van der Waals surface area contributed by atoms with Gasteiger partial charge in [-0.1, -0.05) is 18.2 Å². The van der Waals surface area contributed by atoms with E-state index in [1.54, 1.807) is 49.6 Å². The van der Waals surface area contributed by atoms with Gasteiger partial charge < -0.3 is 54.5 Å². The first kappa shape index (κ1) is 40.2. The van der Waals surface area contributed by atoms with Crippen LogP contribution in [0.1, 0.15) is 90.9 Å². The Morgan fingerprint density at radius 1 is 0.767 bits per heavy atom. The Bertz CT molecular complexity index is 2360. The van der Waals surface area contributed by atoms with Gasteiger partial charge in [-0.3, -0.25) is 0 Å². The molecular formula is C49H55NO10. The molecule has 9 rings (SSSR count). The molecule has 1 saturated carbocycles. The molecule has 3 aliphatic heterocycles. The minimum atomic E-state index is -1.05. The summed E-state index contributed by atoms with van der Waals surface area (Å²) in [5, 5.41) is 62.1. The summed E-state index contributed by atoms with van der Waals surface area (Å²) in [5.74, 6) is 1.63. The first-order valence-corrected chi connectivity index (χ1v) is 21.4. The molecule has 0 amide bonds. The van der Waals surface area contributed by atoms with Crippen molar-refractivity contribution in [2.75, 3.05) is 40.5 Å². The highest BCUT2D eigenvalue weighted by molar-refractivity contribution is 5.97. The van der Waals surface area contributed by atoms with E-state index in [0.717, 1.165) is 70.7 Å². The zero-order chi connectivity index (χ0) is 41.5. The highest BCUT2D eigenvalue weighted by Gasteiger charge is 2.50. The van der Waals surface area contributed by atoms with Crippen LogP contribution >= 0.6 is 0 Å². The molecule has 0 saturated heterocycles. The van der Waals surface area contributed by atoms with Crippen molar-refractivity contribution in [1.29, 1.82) is 0 Å². The number of likely N-dealkylation sites (N-methyl/N-ethyl adjacent to an activating group) is 1. The summed E-state index contributed by atoms with van der Waals surface area (Å²) in [4.78, 5) is 0. The van der Waals surface area contributed by atoms with E-state index in [1.807, 2.05) is 37.4 Å². The highest BCUT2D eigenvalue weighted by atomic mass is 16.5. The van der Waals surface area contributed by atoms with Crippen LogP contribution in [0.4, 0.5) is 0 Å². The monoisotopic (exact) mass is 817 g/mol. The lowest BCUT2D eigenvalue weighted by Gasteiger charge is -2.46. The summed E-state index contributed by atoms with van der Waals surface area (Å²) < 4.78 is 32.3. The number of methoxy groups -OCH3 is 1. The topological polar surface area (TPSA) is 159 Å². The van der Waals surface area contributed by atoms with Crippen molar-refractivity contribution < 1.29 is 49.2 Å². The Hall–Kier alpha value is -5.20. The molecule has 6 atom stereocenters. The van der Waals surface area contributed by atoms with E-state index in [1.165, 1.54) is 0 Å². The van der Waals surface area contributed by atoms with Gasteiger partial charge >= 0.3 is 0 Å². The van der Waals surface area contributed by atoms with Crippen LogP contribution in [0.15, 0.2) is 72.8 Å². The van der Waals surface area contributed by atoms with Gasteiger partial charge in [0.05, 0.1) is 31.5 Å². The minimum Gasteiger partial charge on any atom is -0.508 e. The molecule has 11 heteroatoms. The van der Waals surface area contributed by atoms with Gasteiger partial charge in [-0.15, -0.1) is 0 Å². The molecular weight excluding hydrogens is 763 g/mol. The summed E-state index contributed by atoms with van der Waals surface area (Å²) in [7, 11) is 3.58. The number of nitrogens with one attached hydrogen (secondary N) is 1. The van der Waals surface area contributed by atoms with Crippen LogP contribution in [0.3, 0.4) is 0 Å². The van der Waals surface area contributed by atoms with Gasteiger partial charge in [0.25, 0.3) is 0 Å². The van der Waals surface area contributed by atoms with E-state index in [2.05, 4.69) is 5.32 Å². The van der Waals surface area contributed by atoms with Gasteiger partial charge in [0.1, 0.15) is 46.4 Å². The number of ether oxygens (including phenoxy) is 5. The van der Waals surface area contributed by atoms with Crippen molar-refractivity contribution in [1.82, 2.24) is 5.32 Å². The number of aliphatic hydroxyl groups is 2. The summed E-state index contributed by atoms with van der Waals surface area (Å²) in [6.07, 6.45) is 3.86. The average molecular weight is 818 g/mol. The SMILES string of the molecule is CNCC1CCOc2c1c1c(c3ccc(O)cc23)OC(CCCOC)C(C2COc3c(Cc4cc(O)ccc4-c4cccc(O)c4)cc(OC4CCCC4)cc3C2O)C1O. The lowest BCUT2D eigenvalue weighted by molar-refractivity contribution is -0.0889. The van der Waals surface area contributed by atoms with Gasteiger partial charge in [-0.2, -0.15) is 0 Å². The van der Waals surface area contributed by atoms with Gasteiger partial charge in [0, 0.05) is 77.5 Å². The van der Waals surface area contributed by atoms with Crippen LogP contribution in [0.5, 0.6) is 40.2 Å². The molecule has 0 spiro atoms. The number of rotatable bonds is 12. The van der Waals surface area contributed by atoms with Crippen LogP contribution in [-0.2, 0) is 11.2 Å². The van der Waals surface area contributed by atoms with E-state index in [9.17, 15) is 25.5 Å².